The van der Waals surface area contributed by atoms with Gasteiger partial charge in [-0.3, -0.25) is 19.2 Å². The van der Waals surface area contributed by atoms with Crippen LogP contribution in [0, 0.1) is 0 Å². The van der Waals surface area contributed by atoms with E-state index in [4.69, 9.17) is 46.4 Å². The minimum atomic E-state index is -0.995. The lowest BCUT2D eigenvalue weighted by molar-refractivity contribution is -0.123. The van der Waals surface area contributed by atoms with Crippen molar-refractivity contribution in [2.24, 2.45) is 0 Å². The zero-order valence-corrected chi connectivity index (χ0v) is 32.3. The maximum Gasteiger partial charge on any atom is 0.240 e. The lowest BCUT2D eigenvalue weighted by Crippen LogP contribution is -2.45. The summed E-state index contributed by atoms with van der Waals surface area (Å²) in [5.74, 6) is -1.00. The van der Waals surface area contributed by atoms with Gasteiger partial charge in [-0.2, -0.15) is 0 Å². The number of benzene rings is 4. The number of anilines is 2. The molecule has 4 aliphatic rings. The normalized spacial score (nSPS) is 24.3. The Morgan fingerprint density at radius 2 is 1.19 bits per heavy atom. The van der Waals surface area contributed by atoms with Crippen molar-refractivity contribution in [2.75, 3.05) is 10.6 Å². The third-order valence-electron chi connectivity index (χ3n) is 10.6. The van der Waals surface area contributed by atoms with Crippen LogP contribution in [0.3, 0.4) is 0 Å². The quantitative estimate of drug-likeness (QED) is 0.215. The lowest BCUT2D eigenvalue weighted by atomic mass is 9.59. The first kappa shape index (κ1) is 37.6. The molecule has 0 bridgehead atoms. The molecular formula is C44H34Cl4N2O4. The zero-order chi connectivity index (χ0) is 38.4. The molecule has 0 saturated carbocycles. The zero-order valence-electron chi connectivity index (χ0n) is 29.3. The molecule has 0 radical (unpaired) electrons. The maximum atomic E-state index is 13.4. The van der Waals surface area contributed by atoms with E-state index in [-0.39, 0.29) is 48.1 Å². The molecule has 0 aromatic heterocycles. The van der Waals surface area contributed by atoms with Crippen LogP contribution >= 0.6 is 46.4 Å². The van der Waals surface area contributed by atoms with Crippen molar-refractivity contribution >= 4 is 81.2 Å². The molecule has 6 nitrogen and oxygen atoms in total. The van der Waals surface area contributed by atoms with E-state index in [0.717, 1.165) is 22.3 Å². The number of Topliss-reactive ketones (excluding diaryl/α,β-unsaturated/α-hetero) is 1. The molecule has 0 fully saturated rings. The van der Waals surface area contributed by atoms with E-state index >= 15 is 0 Å². The fourth-order valence-corrected chi connectivity index (χ4v) is 9.17. The number of amides is 2. The maximum absolute atomic E-state index is 13.4. The van der Waals surface area contributed by atoms with Crippen LogP contribution in [-0.2, 0) is 30.0 Å². The van der Waals surface area contributed by atoms with Crippen LogP contribution in [0.4, 0.5) is 11.4 Å². The molecular weight excluding hydrogens is 762 g/mol. The molecule has 2 heterocycles. The number of carbonyl (C=O) groups excluding carboxylic acids is 4. The average molecular weight is 797 g/mol. The first-order chi connectivity index (χ1) is 25.9. The Bertz CT molecular complexity index is 2380. The van der Waals surface area contributed by atoms with E-state index < -0.39 is 10.8 Å². The molecule has 0 unspecified atom stereocenters. The number of nitrogens with one attached hydrogen (secondary N) is 2. The summed E-state index contributed by atoms with van der Waals surface area (Å²) in [5.41, 5.74) is 4.02. The summed E-state index contributed by atoms with van der Waals surface area (Å²) in [4.78, 5) is 52.0. The number of carbonyl (C=O) groups is 4. The number of allylic oxidation sites excluding steroid dienone is 6. The topological polar surface area (TPSA) is 92.3 Å². The molecule has 0 saturated heterocycles. The minimum absolute atomic E-state index is 0.00564. The number of rotatable bonds is 4. The summed E-state index contributed by atoms with van der Waals surface area (Å²) >= 11 is 24.7. The van der Waals surface area contributed by atoms with Crippen molar-refractivity contribution in [3.05, 3.63) is 175 Å². The van der Waals surface area contributed by atoms with Gasteiger partial charge in [-0.15, -0.1) is 0 Å². The highest BCUT2D eigenvalue weighted by Gasteiger charge is 2.57. The highest BCUT2D eigenvalue weighted by molar-refractivity contribution is 6.32. The van der Waals surface area contributed by atoms with Crippen LogP contribution in [0.25, 0.3) is 0 Å². The Hall–Kier alpha value is -4.72. The Morgan fingerprint density at radius 3 is 1.80 bits per heavy atom. The van der Waals surface area contributed by atoms with Gasteiger partial charge >= 0.3 is 0 Å². The van der Waals surface area contributed by atoms with Crippen molar-refractivity contribution in [1.29, 1.82) is 0 Å². The minimum Gasteiger partial charge on any atom is -0.325 e. The average Bonchev–Trinajstić information content (AvgIpc) is 3.56. The van der Waals surface area contributed by atoms with Crippen molar-refractivity contribution < 1.29 is 19.2 Å². The largest absolute Gasteiger partial charge is 0.325 e. The predicted octanol–water partition coefficient (Wildman–Crippen LogP) is 10.9. The molecule has 4 aromatic rings. The van der Waals surface area contributed by atoms with Crippen LogP contribution in [0.5, 0.6) is 0 Å². The monoisotopic (exact) mass is 794 g/mol. The second-order valence-electron chi connectivity index (χ2n) is 13.7. The smallest absolute Gasteiger partial charge is 0.240 e. The molecule has 2 N–H and O–H groups in total. The molecule has 2 aliphatic carbocycles. The van der Waals surface area contributed by atoms with E-state index in [2.05, 4.69) is 10.6 Å². The van der Waals surface area contributed by atoms with Crippen LogP contribution in [0.2, 0.25) is 20.1 Å². The SMILES string of the molecule is C/C=C/C1=CC(=O)C[C@@H](c2cccc(Cl)c2)[C@]12C(=O)Nc1cc(Cl)ccc12.C/C=C/C1=C[C@@]2(C(=O)Nc3cc(Cl)ccc32)[C@H](c2cccc(Cl)c2)CC1=O. The highest BCUT2D eigenvalue weighted by atomic mass is 35.5. The van der Waals surface area contributed by atoms with Gasteiger partial charge in [-0.25, -0.2) is 0 Å². The summed E-state index contributed by atoms with van der Waals surface area (Å²) < 4.78 is 0. The van der Waals surface area contributed by atoms with Gasteiger partial charge in [-0.05, 0) is 96.3 Å². The van der Waals surface area contributed by atoms with E-state index in [1.165, 1.54) is 0 Å². The van der Waals surface area contributed by atoms with Gasteiger partial charge in [0.2, 0.25) is 11.8 Å². The van der Waals surface area contributed by atoms with Gasteiger partial charge in [-0.1, -0.05) is 113 Å². The fraction of sp³-hybridized carbons (Fsp3) is 0.182. The Labute approximate surface area is 333 Å². The van der Waals surface area contributed by atoms with Gasteiger partial charge in [0.1, 0.15) is 10.8 Å². The van der Waals surface area contributed by atoms with Crippen LogP contribution in [0.15, 0.2) is 133 Å². The van der Waals surface area contributed by atoms with Crippen LogP contribution in [0.1, 0.15) is 60.8 Å². The molecule has 10 heteroatoms. The van der Waals surface area contributed by atoms with Gasteiger partial charge < -0.3 is 10.6 Å². The highest BCUT2D eigenvalue weighted by Crippen LogP contribution is 2.56. The molecule has 2 aliphatic heterocycles. The summed E-state index contributed by atoms with van der Waals surface area (Å²) in [6.45, 7) is 3.73. The number of halogens is 4. The Kier molecular flexibility index (Phi) is 10.3. The Morgan fingerprint density at radius 1 is 0.630 bits per heavy atom. The second-order valence-corrected chi connectivity index (χ2v) is 15.4. The molecule has 272 valence electrons. The third-order valence-corrected chi connectivity index (χ3v) is 11.5. The summed E-state index contributed by atoms with van der Waals surface area (Å²) in [6.07, 6.45) is 11.1. The predicted molar refractivity (Wildman–Crippen MR) is 217 cm³/mol. The van der Waals surface area contributed by atoms with E-state index in [1.54, 1.807) is 54.6 Å². The molecule has 2 amide bonds. The molecule has 54 heavy (non-hydrogen) atoms. The first-order valence-electron chi connectivity index (χ1n) is 17.4. The molecule has 2 spiro atoms. The molecule has 8 rings (SSSR count). The lowest BCUT2D eigenvalue weighted by Gasteiger charge is -2.40. The van der Waals surface area contributed by atoms with Gasteiger partial charge in [0.25, 0.3) is 0 Å². The van der Waals surface area contributed by atoms with Crippen molar-refractivity contribution in [3.63, 3.8) is 0 Å². The third kappa shape index (κ3) is 6.35. The van der Waals surface area contributed by atoms with Gasteiger partial charge in [0, 0.05) is 61.7 Å². The number of ketones is 2. The molecule has 4 aromatic carbocycles. The summed E-state index contributed by atoms with van der Waals surface area (Å²) in [6, 6.07) is 25.6. The van der Waals surface area contributed by atoms with Crippen molar-refractivity contribution in [2.45, 2.75) is 49.4 Å². The molecule has 4 atom stereocenters. The summed E-state index contributed by atoms with van der Waals surface area (Å²) in [5, 5.41) is 8.18. The van der Waals surface area contributed by atoms with E-state index in [0.29, 0.717) is 42.6 Å². The summed E-state index contributed by atoms with van der Waals surface area (Å²) in [7, 11) is 0. The van der Waals surface area contributed by atoms with E-state index in [1.807, 2.05) is 80.6 Å². The Balaban J connectivity index is 0.000000167. The van der Waals surface area contributed by atoms with E-state index in [9.17, 15) is 19.2 Å². The second kappa shape index (κ2) is 14.8. The van der Waals surface area contributed by atoms with Crippen molar-refractivity contribution in [1.82, 2.24) is 0 Å². The van der Waals surface area contributed by atoms with Crippen molar-refractivity contribution in [3.8, 4) is 0 Å². The fourth-order valence-electron chi connectivity index (χ4n) is 8.42. The number of hydrogen-bond donors (Lipinski definition) is 2. The first-order valence-corrected chi connectivity index (χ1v) is 18.9. The number of hydrogen-bond acceptors (Lipinski definition) is 4. The van der Waals surface area contributed by atoms with Gasteiger partial charge in [0.15, 0.2) is 11.6 Å². The number of fused-ring (bicyclic) bond motifs is 4. The standard InChI is InChI=1S/2C22H17Cl2NO2/c1-2-4-14-12-22(17-8-7-16(24)10-19(17)25-21(22)27)18(11-20(14)26)13-5-3-6-15(23)9-13;1-2-4-14-10-17(26)12-19(13-5-3-6-15(23)9-13)22(14)18-8-7-16(24)11-20(18)25-21(22)27/h2-10,12,18H,11H2,1H3,(H,25,27);2-11,19H,12H2,1H3,(H,25,27)/b2*4-2+/t18-,22-;19-,22-/m00/s1. The van der Waals surface area contributed by atoms with Crippen LogP contribution in [-0.4, -0.2) is 23.4 Å². The van der Waals surface area contributed by atoms with Crippen LogP contribution < -0.4 is 10.6 Å². The van der Waals surface area contributed by atoms with Gasteiger partial charge in [0.05, 0.1) is 0 Å².